The van der Waals surface area contributed by atoms with Crippen molar-refractivity contribution in [1.82, 2.24) is 15.0 Å². The molecule has 0 atom stereocenters. The molecule has 7 nitrogen and oxygen atoms in total. The maximum absolute atomic E-state index is 12.8. The third-order valence-corrected chi connectivity index (χ3v) is 5.19. The highest BCUT2D eigenvalue weighted by molar-refractivity contribution is 6.10. The van der Waals surface area contributed by atoms with E-state index in [1.807, 2.05) is 37.3 Å². The van der Waals surface area contributed by atoms with Gasteiger partial charge in [-0.3, -0.25) is 4.79 Å². The molecule has 7 heteroatoms. The first-order valence-electron chi connectivity index (χ1n) is 10.0. The van der Waals surface area contributed by atoms with Crippen LogP contribution in [0.2, 0.25) is 0 Å². The third kappa shape index (κ3) is 3.72. The maximum Gasteiger partial charge on any atom is 0.228 e. The minimum Gasteiger partial charge on any atom is -0.508 e. The van der Waals surface area contributed by atoms with Crippen LogP contribution < -0.4 is 4.74 Å². The first-order valence-corrected chi connectivity index (χ1v) is 10.0. The molecule has 0 radical (unpaired) electrons. The molecule has 0 spiro atoms. The summed E-state index contributed by atoms with van der Waals surface area (Å²) in [5.74, 6) is 0.978. The van der Waals surface area contributed by atoms with Gasteiger partial charge in [0.1, 0.15) is 29.4 Å². The molecule has 0 amide bonds. The topological polar surface area (TPSA) is 90.4 Å². The molecular weight excluding hydrogens is 406 g/mol. The summed E-state index contributed by atoms with van der Waals surface area (Å²) in [7, 11) is 0. The van der Waals surface area contributed by atoms with Crippen molar-refractivity contribution >= 4 is 16.8 Å². The summed E-state index contributed by atoms with van der Waals surface area (Å²) in [6.07, 6.45) is 1.76. The van der Waals surface area contributed by atoms with Gasteiger partial charge in [0, 0.05) is 22.6 Å². The molecule has 3 aromatic carbocycles. The van der Waals surface area contributed by atoms with Crippen LogP contribution in [0.1, 0.15) is 27.4 Å². The van der Waals surface area contributed by atoms with Gasteiger partial charge in [0.05, 0.1) is 11.9 Å². The highest BCUT2D eigenvalue weighted by Gasteiger charge is 2.19. The van der Waals surface area contributed by atoms with E-state index >= 15 is 0 Å². The van der Waals surface area contributed by atoms with Crippen LogP contribution in [0.25, 0.3) is 16.7 Å². The number of ketones is 1. The molecule has 1 N–H and O–H groups in total. The number of rotatable bonds is 6. The van der Waals surface area contributed by atoms with E-state index in [0.29, 0.717) is 28.4 Å². The van der Waals surface area contributed by atoms with Crippen LogP contribution in [0.3, 0.4) is 0 Å². The predicted molar refractivity (Wildman–Crippen MR) is 118 cm³/mol. The minimum atomic E-state index is -0.146. The second-order valence-corrected chi connectivity index (χ2v) is 7.37. The molecule has 0 saturated carbocycles. The van der Waals surface area contributed by atoms with Gasteiger partial charge < -0.3 is 14.3 Å². The minimum absolute atomic E-state index is 0.146. The number of furan rings is 1. The quantitative estimate of drug-likeness (QED) is 0.392. The number of benzene rings is 3. The molecule has 0 unspecified atom stereocenters. The third-order valence-electron chi connectivity index (χ3n) is 5.19. The van der Waals surface area contributed by atoms with Gasteiger partial charge in [0.2, 0.25) is 5.78 Å². The number of fused-ring (bicyclic) bond motifs is 1. The van der Waals surface area contributed by atoms with Crippen molar-refractivity contribution in [2.45, 2.75) is 13.5 Å². The highest BCUT2D eigenvalue weighted by atomic mass is 16.5. The van der Waals surface area contributed by atoms with E-state index in [4.69, 9.17) is 9.15 Å². The molecule has 158 valence electrons. The van der Waals surface area contributed by atoms with Gasteiger partial charge in [-0.15, -0.1) is 5.10 Å². The van der Waals surface area contributed by atoms with Crippen LogP contribution in [0.4, 0.5) is 0 Å². The average molecular weight is 425 g/mol. The van der Waals surface area contributed by atoms with Gasteiger partial charge in [-0.1, -0.05) is 35.5 Å². The molecular formula is C25H19N3O4. The van der Waals surface area contributed by atoms with Crippen molar-refractivity contribution in [2.75, 3.05) is 0 Å². The summed E-state index contributed by atoms with van der Waals surface area (Å²) in [4.78, 5) is 12.8. The summed E-state index contributed by atoms with van der Waals surface area (Å²) in [6, 6.07) is 21.2. The fourth-order valence-electron chi connectivity index (χ4n) is 3.49. The van der Waals surface area contributed by atoms with Gasteiger partial charge in [0.15, 0.2) is 5.76 Å². The number of aromatic nitrogens is 3. The lowest BCUT2D eigenvalue weighted by Gasteiger charge is -2.03. The Morgan fingerprint density at radius 2 is 1.84 bits per heavy atom. The molecule has 5 rings (SSSR count). The molecule has 0 saturated heterocycles. The Bertz CT molecular complexity index is 1400. The first kappa shape index (κ1) is 19.6. The Balaban J connectivity index is 1.33. The van der Waals surface area contributed by atoms with Crippen LogP contribution in [0.15, 0.2) is 83.4 Å². The highest BCUT2D eigenvalue weighted by Crippen LogP contribution is 2.30. The Hall–Kier alpha value is -4.39. The zero-order valence-electron chi connectivity index (χ0n) is 17.2. The number of ether oxygens (including phenoxy) is 1. The molecule has 0 aliphatic heterocycles. The summed E-state index contributed by atoms with van der Waals surface area (Å²) < 4.78 is 13.4. The Morgan fingerprint density at radius 1 is 1.06 bits per heavy atom. The summed E-state index contributed by atoms with van der Waals surface area (Å²) >= 11 is 0. The van der Waals surface area contributed by atoms with Crippen molar-refractivity contribution in [1.29, 1.82) is 0 Å². The van der Waals surface area contributed by atoms with Crippen LogP contribution >= 0.6 is 0 Å². The van der Waals surface area contributed by atoms with Gasteiger partial charge in [-0.05, 0) is 43.3 Å². The van der Waals surface area contributed by atoms with Gasteiger partial charge in [-0.2, -0.15) is 0 Å². The number of hydrogen-bond acceptors (Lipinski definition) is 6. The monoisotopic (exact) mass is 425 g/mol. The normalized spacial score (nSPS) is 11.0. The Kier molecular flexibility index (Phi) is 4.91. The lowest BCUT2D eigenvalue weighted by Crippen LogP contribution is -2.00. The number of carbonyl (C=O) groups excluding carboxylic acids is 1. The standard InChI is InChI=1S/C25H19N3O4/c1-16-22-12-11-21(13-23(22)32-25(16)24(30)17-5-3-2-4-6-17)31-15-18-14-28(27-26-18)19-7-9-20(29)10-8-19/h2-14,29H,15H2,1H3. The van der Waals surface area contributed by atoms with E-state index in [0.717, 1.165) is 16.6 Å². The zero-order chi connectivity index (χ0) is 22.1. The number of phenols is 1. The number of hydrogen-bond donors (Lipinski definition) is 1. The second-order valence-electron chi connectivity index (χ2n) is 7.37. The molecule has 32 heavy (non-hydrogen) atoms. The average Bonchev–Trinajstić information content (AvgIpc) is 3.43. The van der Waals surface area contributed by atoms with Crippen molar-refractivity contribution in [3.05, 3.63) is 102 Å². The van der Waals surface area contributed by atoms with Crippen molar-refractivity contribution in [3.8, 4) is 17.2 Å². The van der Waals surface area contributed by atoms with Crippen molar-refractivity contribution in [3.63, 3.8) is 0 Å². The van der Waals surface area contributed by atoms with Gasteiger partial charge in [-0.25, -0.2) is 4.68 Å². The SMILES string of the molecule is Cc1c(C(=O)c2ccccc2)oc2cc(OCc3cn(-c4ccc(O)cc4)nn3)ccc12. The van der Waals surface area contributed by atoms with Crippen LogP contribution in [-0.2, 0) is 6.61 Å². The van der Waals surface area contributed by atoms with Crippen LogP contribution in [0, 0.1) is 6.92 Å². The smallest absolute Gasteiger partial charge is 0.228 e. The molecule has 5 aromatic rings. The molecule has 0 aliphatic carbocycles. The second kappa shape index (κ2) is 8.03. The van der Waals surface area contributed by atoms with E-state index in [2.05, 4.69) is 10.3 Å². The van der Waals surface area contributed by atoms with Crippen molar-refractivity contribution in [2.24, 2.45) is 0 Å². The number of carbonyl (C=O) groups is 1. The summed E-state index contributed by atoms with van der Waals surface area (Å²) in [5, 5.41) is 18.5. The van der Waals surface area contributed by atoms with E-state index in [-0.39, 0.29) is 18.1 Å². The van der Waals surface area contributed by atoms with Gasteiger partial charge in [0.25, 0.3) is 0 Å². The van der Waals surface area contributed by atoms with E-state index in [9.17, 15) is 9.90 Å². The number of nitrogens with zero attached hydrogens (tertiary/aromatic N) is 3. The van der Waals surface area contributed by atoms with Crippen molar-refractivity contribution < 1.29 is 19.1 Å². The Labute approximate surface area is 183 Å². The lowest BCUT2D eigenvalue weighted by molar-refractivity contribution is 0.101. The molecule has 0 aliphatic rings. The van der Waals surface area contributed by atoms with Crippen LogP contribution in [-0.4, -0.2) is 25.9 Å². The molecule has 0 fully saturated rings. The lowest BCUT2D eigenvalue weighted by atomic mass is 10.0. The summed E-state index contributed by atoms with van der Waals surface area (Å²) in [5.41, 5.74) is 3.41. The maximum atomic E-state index is 12.8. The first-order chi connectivity index (χ1) is 15.6. The number of aromatic hydroxyl groups is 1. The van der Waals surface area contributed by atoms with E-state index < -0.39 is 0 Å². The van der Waals surface area contributed by atoms with E-state index in [1.165, 1.54) is 0 Å². The fourth-order valence-corrected chi connectivity index (χ4v) is 3.49. The number of aryl methyl sites for hydroxylation is 1. The fraction of sp³-hybridized carbons (Fsp3) is 0.0800. The number of phenolic OH excluding ortho intramolecular Hbond substituents is 1. The molecule has 2 aromatic heterocycles. The Morgan fingerprint density at radius 3 is 2.62 bits per heavy atom. The molecule has 0 bridgehead atoms. The zero-order valence-corrected chi connectivity index (χ0v) is 17.2. The largest absolute Gasteiger partial charge is 0.508 e. The van der Waals surface area contributed by atoms with E-state index in [1.54, 1.807) is 53.3 Å². The van der Waals surface area contributed by atoms with Gasteiger partial charge >= 0.3 is 0 Å². The van der Waals surface area contributed by atoms with Crippen LogP contribution in [0.5, 0.6) is 11.5 Å². The molecule has 2 heterocycles. The summed E-state index contributed by atoms with van der Waals surface area (Å²) in [6.45, 7) is 2.10. The predicted octanol–water partition coefficient (Wildman–Crippen LogP) is 4.84.